The van der Waals surface area contributed by atoms with E-state index in [4.69, 9.17) is 4.74 Å². The molecule has 3 rings (SSSR count). The van der Waals surface area contributed by atoms with Gasteiger partial charge < -0.3 is 15.2 Å². The number of amides is 1. The zero-order valence-corrected chi connectivity index (χ0v) is 12.9. The minimum absolute atomic E-state index is 0.197. The zero-order chi connectivity index (χ0) is 16.1. The van der Waals surface area contributed by atoms with Crippen LogP contribution in [-0.4, -0.2) is 28.1 Å². The minimum atomic E-state index is -0.718. The van der Waals surface area contributed by atoms with Crippen LogP contribution in [0.1, 0.15) is 35.2 Å². The molecule has 120 valence electrons. The maximum absolute atomic E-state index is 12.2. The molecule has 0 saturated heterocycles. The number of rotatable bonds is 6. The normalized spacial score (nSPS) is 15.5. The second-order valence-corrected chi connectivity index (χ2v) is 5.94. The SMILES string of the molecule is O=C(NCC1(O)CCC1)c1cccc(OCc2cccnc2)c1. The lowest BCUT2D eigenvalue weighted by atomic mass is 9.80. The van der Waals surface area contributed by atoms with E-state index >= 15 is 0 Å². The first-order chi connectivity index (χ1) is 11.1. The van der Waals surface area contributed by atoms with Crippen LogP contribution in [0, 0.1) is 0 Å². The standard InChI is InChI=1S/C18H20N2O3/c21-17(20-13-18(22)7-3-8-18)15-5-1-6-16(10-15)23-12-14-4-2-9-19-11-14/h1-2,4-6,9-11,22H,3,7-8,12-13H2,(H,20,21). The summed E-state index contributed by atoms with van der Waals surface area (Å²) in [6.07, 6.45) is 5.98. The molecule has 1 aromatic carbocycles. The fourth-order valence-electron chi connectivity index (χ4n) is 2.49. The van der Waals surface area contributed by atoms with Gasteiger partial charge in [-0.05, 0) is 43.5 Å². The number of benzene rings is 1. The Bertz CT molecular complexity index is 669. The molecule has 23 heavy (non-hydrogen) atoms. The first kappa shape index (κ1) is 15.5. The number of ether oxygens (including phenoxy) is 1. The topological polar surface area (TPSA) is 71.5 Å². The molecule has 1 aromatic heterocycles. The Morgan fingerprint density at radius 3 is 2.87 bits per heavy atom. The van der Waals surface area contributed by atoms with Crippen LogP contribution >= 0.6 is 0 Å². The van der Waals surface area contributed by atoms with Crippen LogP contribution in [0.15, 0.2) is 48.8 Å². The molecule has 1 aliphatic rings. The van der Waals surface area contributed by atoms with Gasteiger partial charge in [-0.2, -0.15) is 0 Å². The molecule has 0 aliphatic heterocycles. The lowest BCUT2D eigenvalue weighted by Gasteiger charge is -2.36. The number of aliphatic hydroxyl groups is 1. The maximum Gasteiger partial charge on any atom is 0.251 e. The van der Waals surface area contributed by atoms with Crippen LogP contribution in [0.3, 0.4) is 0 Å². The van der Waals surface area contributed by atoms with Crippen molar-refractivity contribution in [3.8, 4) is 5.75 Å². The number of hydrogen-bond acceptors (Lipinski definition) is 4. The minimum Gasteiger partial charge on any atom is -0.489 e. The monoisotopic (exact) mass is 312 g/mol. The molecule has 1 heterocycles. The second kappa shape index (κ2) is 6.79. The summed E-state index contributed by atoms with van der Waals surface area (Å²) < 4.78 is 5.69. The summed E-state index contributed by atoms with van der Waals surface area (Å²) in [4.78, 5) is 16.2. The van der Waals surface area contributed by atoms with Crippen molar-refractivity contribution in [2.24, 2.45) is 0 Å². The first-order valence-corrected chi connectivity index (χ1v) is 7.77. The van der Waals surface area contributed by atoms with E-state index in [2.05, 4.69) is 10.3 Å². The van der Waals surface area contributed by atoms with Crippen molar-refractivity contribution in [1.29, 1.82) is 0 Å². The van der Waals surface area contributed by atoms with Gasteiger partial charge in [-0.3, -0.25) is 9.78 Å². The highest BCUT2D eigenvalue weighted by Gasteiger charge is 2.34. The number of aromatic nitrogens is 1. The Kier molecular flexibility index (Phi) is 4.57. The number of hydrogen-bond donors (Lipinski definition) is 2. The molecule has 0 bridgehead atoms. The van der Waals surface area contributed by atoms with Crippen LogP contribution < -0.4 is 10.1 Å². The van der Waals surface area contributed by atoms with Gasteiger partial charge in [0.05, 0.1) is 5.60 Å². The van der Waals surface area contributed by atoms with Crippen LogP contribution in [-0.2, 0) is 6.61 Å². The van der Waals surface area contributed by atoms with Gasteiger partial charge in [0.2, 0.25) is 0 Å². The Hall–Kier alpha value is -2.40. The molecule has 1 fully saturated rings. The molecule has 2 N–H and O–H groups in total. The number of pyridine rings is 1. The summed E-state index contributed by atoms with van der Waals surface area (Å²) in [5, 5.41) is 12.8. The molecule has 1 saturated carbocycles. The third-order valence-electron chi connectivity index (χ3n) is 4.09. The zero-order valence-electron chi connectivity index (χ0n) is 12.9. The van der Waals surface area contributed by atoms with E-state index in [1.165, 1.54) is 0 Å². The van der Waals surface area contributed by atoms with E-state index in [1.54, 1.807) is 30.6 Å². The highest BCUT2D eigenvalue weighted by molar-refractivity contribution is 5.94. The molecular weight excluding hydrogens is 292 g/mol. The summed E-state index contributed by atoms with van der Waals surface area (Å²) in [5.74, 6) is 0.431. The van der Waals surface area contributed by atoms with E-state index in [0.29, 0.717) is 24.5 Å². The summed E-state index contributed by atoms with van der Waals surface area (Å²) in [6.45, 7) is 0.700. The van der Waals surface area contributed by atoms with Crippen LogP contribution in [0.4, 0.5) is 0 Å². The van der Waals surface area contributed by atoms with Gasteiger partial charge in [0, 0.05) is 30.1 Å². The van der Waals surface area contributed by atoms with Gasteiger partial charge in [-0.1, -0.05) is 12.1 Å². The van der Waals surface area contributed by atoms with Crippen molar-refractivity contribution >= 4 is 5.91 Å². The van der Waals surface area contributed by atoms with Crippen LogP contribution in [0.2, 0.25) is 0 Å². The largest absolute Gasteiger partial charge is 0.489 e. The number of nitrogens with one attached hydrogen (secondary N) is 1. The van der Waals surface area contributed by atoms with Crippen molar-refractivity contribution < 1.29 is 14.6 Å². The van der Waals surface area contributed by atoms with Gasteiger partial charge in [-0.15, -0.1) is 0 Å². The predicted octanol–water partition coefficient (Wildman–Crippen LogP) is 2.31. The van der Waals surface area contributed by atoms with Crippen molar-refractivity contribution in [1.82, 2.24) is 10.3 Å². The molecule has 0 atom stereocenters. The number of nitrogens with zero attached hydrogens (tertiary/aromatic N) is 1. The third-order valence-corrected chi connectivity index (χ3v) is 4.09. The predicted molar refractivity (Wildman–Crippen MR) is 86.1 cm³/mol. The molecule has 0 radical (unpaired) electrons. The average molecular weight is 312 g/mol. The fraction of sp³-hybridized carbons (Fsp3) is 0.333. The molecule has 2 aromatic rings. The van der Waals surface area contributed by atoms with Gasteiger partial charge in [-0.25, -0.2) is 0 Å². The Balaban J connectivity index is 1.57. The molecule has 5 heteroatoms. The summed E-state index contributed by atoms with van der Waals surface area (Å²) in [6, 6.07) is 10.8. The van der Waals surface area contributed by atoms with Gasteiger partial charge in [0.1, 0.15) is 12.4 Å². The van der Waals surface area contributed by atoms with Crippen LogP contribution in [0.5, 0.6) is 5.75 Å². The summed E-state index contributed by atoms with van der Waals surface area (Å²) >= 11 is 0. The second-order valence-electron chi connectivity index (χ2n) is 5.94. The molecule has 0 unspecified atom stereocenters. The molecule has 0 spiro atoms. The number of carbonyl (C=O) groups excluding carboxylic acids is 1. The summed E-state index contributed by atoms with van der Waals surface area (Å²) in [7, 11) is 0. The maximum atomic E-state index is 12.2. The smallest absolute Gasteiger partial charge is 0.251 e. The van der Waals surface area contributed by atoms with E-state index in [1.807, 2.05) is 18.2 Å². The average Bonchev–Trinajstić information content (AvgIpc) is 2.57. The Labute approximate surface area is 135 Å². The van der Waals surface area contributed by atoms with E-state index < -0.39 is 5.60 Å². The quantitative estimate of drug-likeness (QED) is 0.858. The third kappa shape index (κ3) is 4.07. The van der Waals surface area contributed by atoms with E-state index in [0.717, 1.165) is 24.8 Å². The lowest BCUT2D eigenvalue weighted by Crippen LogP contribution is -2.47. The van der Waals surface area contributed by atoms with E-state index in [-0.39, 0.29) is 5.91 Å². The molecule has 1 amide bonds. The fourth-order valence-corrected chi connectivity index (χ4v) is 2.49. The highest BCUT2D eigenvalue weighted by Crippen LogP contribution is 2.30. The highest BCUT2D eigenvalue weighted by atomic mass is 16.5. The van der Waals surface area contributed by atoms with Crippen molar-refractivity contribution in [3.05, 3.63) is 59.9 Å². The van der Waals surface area contributed by atoms with Gasteiger partial charge >= 0.3 is 0 Å². The van der Waals surface area contributed by atoms with Gasteiger partial charge in [0.15, 0.2) is 0 Å². The Morgan fingerprint density at radius 1 is 1.30 bits per heavy atom. The first-order valence-electron chi connectivity index (χ1n) is 7.77. The van der Waals surface area contributed by atoms with E-state index in [9.17, 15) is 9.90 Å². The Morgan fingerprint density at radius 2 is 2.17 bits per heavy atom. The van der Waals surface area contributed by atoms with Crippen molar-refractivity contribution in [2.45, 2.75) is 31.5 Å². The molecular formula is C18H20N2O3. The van der Waals surface area contributed by atoms with Crippen molar-refractivity contribution in [2.75, 3.05) is 6.54 Å². The molecule has 1 aliphatic carbocycles. The molecule has 5 nitrogen and oxygen atoms in total. The summed E-state index contributed by atoms with van der Waals surface area (Å²) in [5.41, 5.74) is 0.774. The van der Waals surface area contributed by atoms with Crippen molar-refractivity contribution in [3.63, 3.8) is 0 Å². The number of carbonyl (C=O) groups is 1. The van der Waals surface area contributed by atoms with Crippen LogP contribution in [0.25, 0.3) is 0 Å². The lowest BCUT2D eigenvalue weighted by molar-refractivity contribution is -0.0300. The van der Waals surface area contributed by atoms with Gasteiger partial charge in [0.25, 0.3) is 5.91 Å².